The molecule has 0 saturated heterocycles. The lowest BCUT2D eigenvalue weighted by molar-refractivity contribution is 0.0801. The molecule has 3 heteroatoms. The number of hydrogen-bond acceptors (Lipinski definition) is 3. The number of Topliss-reactive ketones (excluding diaryl/α,β-unsaturated/α-hetero) is 1. The SMILES string of the molecule is Cc1cc(C)c(C(=O)C2CNc3ccccc3O2)cc1C. The van der Waals surface area contributed by atoms with Crippen LogP contribution in [0.2, 0.25) is 0 Å². The molecule has 2 aromatic rings. The predicted molar refractivity (Wildman–Crippen MR) is 84.3 cm³/mol. The van der Waals surface area contributed by atoms with Crippen molar-refractivity contribution in [2.75, 3.05) is 11.9 Å². The molecule has 1 heterocycles. The van der Waals surface area contributed by atoms with Crippen LogP contribution in [0.3, 0.4) is 0 Å². The van der Waals surface area contributed by atoms with Crippen LogP contribution < -0.4 is 10.1 Å². The highest BCUT2D eigenvalue weighted by molar-refractivity contribution is 6.01. The smallest absolute Gasteiger partial charge is 0.205 e. The minimum atomic E-state index is -0.472. The molecule has 0 radical (unpaired) electrons. The first-order chi connectivity index (χ1) is 10.1. The van der Waals surface area contributed by atoms with Gasteiger partial charge in [0.2, 0.25) is 5.78 Å². The number of rotatable bonds is 2. The molecule has 0 aliphatic carbocycles. The van der Waals surface area contributed by atoms with Gasteiger partial charge in [0.25, 0.3) is 0 Å². The van der Waals surface area contributed by atoms with Crippen molar-refractivity contribution in [3.8, 4) is 5.75 Å². The molecule has 0 fully saturated rings. The third-order valence-corrected chi connectivity index (χ3v) is 4.03. The lowest BCUT2D eigenvalue weighted by Crippen LogP contribution is -2.38. The maximum Gasteiger partial charge on any atom is 0.205 e. The fraction of sp³-hybridized carbons (Fsp3) is 0.278. The van der Waals surface area contributed by atoms with E-state index < -0.39 is 6.10 Å². The van der Waals surface area contributed by atoms with E-state index in [0.29, 0.717) is 6.54 Å². The van der Waals surface area contributed by atoms with Gasteiger partial charge in [-0.15, -0.1) is 0 Å². The summed E-state index contributed by atoms with van der Waals surface area (Å²) in [7, 11) is 0. The van der Waals surface area contributed by atoms with Crippen molar-refractivity contribution in [3.05, 3.63) is 58.7 Å². The Kier molecular flexibility index (Phi) is 3.42. The van der Waals surface area contributed by atoms with Crippen LogP contribution in [0, 0.1) is 20.8 Å². The van der Waals surface area contributed by atoms with Crippen LogP contribution in [-0.2, 0) is 0 Å². The van der Waals surface area contributed by atoms with Crippen LogP contribution in [0.25, 0.3) is 0 Å². The number of nitrogens with one attached hydrogen (secondary N) is 1. The Morgan fingerprint density at radius 3 is 2.62 bits per heavy atom. The van der Waals surface area contributed by atoms with E-state index in [4.69, 9.17) is 4.74 Å². The zero-order valence-corrected chi connectivity index (χ0v) is 12.6. The quantitative estimate of drug-likeness (QED) is 0.854. The van der Waals surface area contributed by atoms with Gasteiger partial charge in [0.1, 0.15) is 5.75 Å². The Morgan fingerprint density at radius 1 is 1.10 bits per heavy atom. The Hall–Kier alpha value is -2.29. The fourth-order valence-corrected chi connectivity index (χ4v) is 2.66. The third-order valence-electron chi connectivity index (χ3n) is 4.03. The lowest BCUT2D eigenvalue weighted by Gasteiger charge is -2.27. The van der Waals surface area contributed by atoms with Crippen LogP contribution in [0.15, 0.2) is 36.4 Å². The van der Waals surface area contributed by atoms with Crippen LogP contribution >= 0.6 is 0 Å². The lowest BCUT2D eigenvalue weighted by atomic mass is 9.95. The summed E-state index contributed by atoms with van der Waals surface area (Å²) in [6.45, 7) is 6.57. The van der Waals surface area contributed by atoms with E-state index in [9.17, 15) is 4.79 Å². The minimum absolute atomic E-state index is 0.0394. The van der Waals surface area contributed by atoms with Gasteiger partial charge in [0, 0.05) is 5.56 Å². The number of para-hydroxylation sites is 2. The molecule has 3 nitrogen and oxygen atoms in total. The average molecular weight is 281 g/mol. The van der Waals surface area contributed by atoms with Gasteiger partial charge in [-0.3, -0.25) is 4.79 Å². The summed E-state index contributed by atoms with van der Waals surface area (Å²) in [5.41, 5.74) is 5.04. The number of fused-ring (bicyclic) bond motifs is 1. The zero-order chi connectivity index (χ0) is 15.0. The highest BCUT2D eigenvalue weighted by Gasteiger charge is 2.27. The van der Waals surface area contributed by atoms with E-state index in [1.54, 1.807) is 0 Å². The summed E-state index contributed by atoms with van der Waals surface area (Å²) >= 11 is 0. The van der Waals surface area contributed by atoms with E-state index in [0.717, 1.165) is 28.1 Å². The maximum atomic E-state index is 12.7. The van der Waals surface area contributed by atoms with Crippen molar-refractivity contribution in [2.45, 2.75) is 26.9 Å². The topological polar surface area (TPSA) is 38.3 Å². The monoisotopic (exact) mass is 281 g/mol. The second-order valence-corrected chi connectivity index (χ2v) is 5.60. The summed E-state index contributed by atoms with van der Waals surface area (Å²) in [4.78, 5) is 12.7. The standard InChI is InChI=1S/C18H19NO2/c1-11-8-13(3)14(9-12(11)2)18(20)17-10-19-15-6-4-5-7-16(15)21-17/h4-9,17,19H,10H2,1-3H3. The van der Waals surface area contributed by atoms with Gasteiger partial charge in [-0.2, -0.15) is 0 Å². The molecule has 1 N–H and O–H groups in total. The number of hydrogen-bond donors (Lipinski definition) is 1. The summed E-state index contributed by atoms with van der Waals surface area (Å²) in [5.74, 6) is 0.779. The van der Waals surface area contributed by atoms with Gasteiger partial charge in [-0.1, -0.05) is 18.2 Å². The number of ketones is 1. The number of carbonyl (C=O) groups is 1. The average Bonchev–Trinajstić information content (AvgIpc) is 2.50. The van der Waals surface area contributed by atoms with Crippen molar-refractivity contribution < 1.29 is 9.53 Å². The van der Waals surface area contributed by atoms with Gasteiger partial charge >= 0.3 is 0 Å². The molecule has 2 aromatic carbocycles. The second kappa shape index (κ2) is 5.24. The molecule has 0 aromatic heterocycles. The van der Waals surface area contributed by atoms with Gasteiger partial charge in [-0.05, 0) is 55.7 Å². The van der Waals surface area contributed by atoms with E-state index >= 15 is 0 Å². The van der Waals surface area contributed by atoms with E-state index in [2.05, 4.69) is 18.3 Å². The molecule has 1 unspecified atom stereocenters. The molecule has 21 heavy (non-hydrogen) atoms. The number of ether oxygens (including phenoxy) is 1. The zero-order valence-electron chi connectivity index (χ0n) is 12.6. The van der Waals surface area contributed by atoms with Crippen LogP contribution in [-0.4, -0.2) is 18.4 Å². The molecular weight excluding hydrogens is 262 g/mol. The molecule has 108 valence electrons. The number of anilines is 1. The Labute approximate surface area is 124 Å². The third kappa shape index (κ3) is 2.51. The maximum absolute atomic E-state index is 12.7. The van der Waals surface area contributed by atoms with Gasteiger partial charge < -0.3 is 10.1 Å². The molecule has 1 aliphatic rings. The van der Waals surface area contributed by atoms with Crippen molar-refractivity contribution >= 4 is 11.5 Å². The Morgan fingerprint density at radius 2 is 1.81 bits per heavy atom. The van der Waals surface area contributed by atoms with Crippen LogP contribution in [0.1, 0.15) is 27.0 Å². The molecule has 0 spiro atoms. The first-order valence-corrected chi connectivity index (χ1v) is 7.18. The predicted octanol–water partition coefficient (Wildman–Crippen LogP) is 3.67. The number of carbonyl (C=O) groups excluding carboxylic acids is 1. The normalized spacial score (nSPS) is 16.6. The van der Waals surface area contributed by atoms with Crippen LogP contribution in [0.4, 0.5) is 5.69 Å². The molecule has 0 bridgehead atoms. The van der Waals surface area contributed by atoms with Gasteiger partial charge in [0.15, 0.2) is 6.10 Å². The molecule has 3 rings (SSSR count). The van der Waals surface area contributed by atoms with E-state index in [1.165, 1.54) is 5.56 Å². The van der Waals surface area contributed by atoms with Crippen molar-refractivity contribution in [1.82, 2.24) is 0 Å². The first kappa shape index (κ1) is 13.7. The van der Waals surface area contributed by atoms with Gasteiger partial charge in [0.05, 0.1) is 12.2 Å². The Balaban J connectivity index is 1.89. The van der Waals surface area contributed by atoms with Crippen molar-refractivity contribution in [2.24, 2.45) is 0 Å². The van der Waals surface area contributed by atoms with Crippen molar-refractivity contribution in [3.63, 3.8) is 0 Å². The highest BCUT2D eigenvalue weighted by Crippen LogP contribution is 2.29. The number of aryl methyl sites for hydroxylation is 3. The number of benzene rings is 2. The van der Waals surface area contributed by atoms with Gasteiger partial charge in [-0.25, -0.2) is 0 Å². The summed E-state index contributed by atoms with van der Waals surface area (Å²) in [5, 5.41) is 3.26. The van der Waals surface area contributed by atoms with Crippen LogP contribution in [0.5, 0.6) is 5.75 Å². The summed E-state index contributed by atoms with van der Waals surface area (Å²) in [6, 6.07) is 11.7. The minimum Gasteiger partial charge on any atom is -0.478 e. The molecule has 0 saturated carbocycles. The highest BCUT2D eigenvalue weighted by atomic mass is 16.5. The molecular formula is C18H19NO2. The first-order valence-electron chi connectivity index (χ1n) is 7.18. The fourth-order valence-electron chi connectivity index (χ4n) is 2.66. The van der Waals surface area contributed by atoms with Crippen molar-refractivity contribution in [1.29, 1.82) is 0 Å². The molecule has 0 amide bonds. The molecule has 1 aliphatic heterocycles. The van der Waals surface area contributed by atoms with E-state index in [-0.39, 0.29) is 5.78 Å². The van der Waals surface area contributed by atoms with E-state index in [1.807, 2.05) is 44.2 Å². The second-order valence-electron chi connectivity index (χ2n) is 5.60. The summed E-state index contributed by atoms with van der Waals surface area (Å²) in [6.07, 6.45) is -0.472. The Bertz CT molecular complexity index is 706. The summed E-state index contributed by atoms with van der Waals surface area (Å²) < 4.78 is 5.86. The largest absolute Gasteiger partial charge is 0.478 e. The molecule has 1 atom stereocenters.